The molecule has 0 spiro atoms. The van der Waals surface area contributed by atoms with E-state index in [2.05, 4.69) is 38.2 Å². The molecule has 0 bridgehead atoms. The minimum Gasteiger partial charge on any atom is -0.393 e. The standard InChI is InChI=1S/C33H64O/c1-3-5-7-9-11-13-15-17-19-21-23-25-27-29-31-33(34)32-30-28-26-24-22-20-18-16-14-12-10-8-6-4-2/h13-16,33-34H,3-12,17-32H2,1-2H3/b15-13-,16-14-. The van der Waals surface area contributed by atoms with Gasteiger partial charge in [0.05, 0.1) is 6.10 Å². The monoisotopic (exact) mass is 476 g/mol. The van der Waals surface area contributed by atoms with E-state index in [9.17, 15) is 5.11 Å². The molecule has 0 aromatic carbocycles. The highest BCUT2D eigenvalue weighted by molar-refractivity contribution is 4.82. The summed E-state index contributed by atoms with van der Waals surface area (Å²) >= 11 is 0. The van der Waals surface area contributed by atoms with Crippen molar-refractivity contribution in [2.75, 3.05) is 0 Å². The lowest BCUT2D eigenvalue weighted by Crippen LogP contribution is -2.05. The molecule has 0 radical (unpaired) electrons. The van der Waals surface area contributed by atoms with Gasteiger partial charge in [0.25, 0.3) is 0 Å². The van der Waals surface area contributed by atoms with Crippen LogP contribution in [0.25, 0.3) is 0 Å². The minimum atomic E-state index is -0.0510. The predicted molar refractivity (Wildman–Crippen MR) is 156 cm³/mol. The summed E-state index contributed by atoms with van der Waals surface area (Å²) in [5.41, 5.74) is 0. The van der Waals surface area contributed by atoms with Gasteiger partial charge in [-0.2, -0.15) is 0 Å². The Kier molecular flexibility index (Phi) is 30.0. The van der Waals surface area contributed by atoms with Gasteiger partial charge < -0.3 is 5.11 Å². The number of hydrogen-bond donors (Lipinski definition) is 1. The lowest BCUT2D eigenvalue weighted by atomic mass is 10.0. The normalized spacial score (nSPS) is 12.1. The molecule has 0 aliphatic carbocycles. The van der Waals surface area contributed by atoms with Crippen LogP contribution < -0.4 is 0 Å². The van der Waals surface area contributed by atoms with Crippen molar-refractivity contribution in [2.45, 2.75) is 187 Å². The Labute approximate surface area is 216 Å². The summed E-state index contributed by atoms with van der Waals surface area (Å²) in [6, 6.07) is 0. The molecule has 0 rings (SSSR count). The molecule has 0 aromatic rings. The first-order chi connectivity index (χ1) is 16.8. The predicted octanol–water partition coefficient (Wildman–Crippen LogP) is 11.6. The number of hydrogen-bond acceptors (Lipinski definition) is 1. The van der Waals surface area contributed by atoms with E-state index in [1.165, 1.54) is 154 Å². The molecule has 0 aliphatic heterocycles. The number of unbranched alkanes of at least 4 members (excludes halogenated alkanes) is 20. The van der Waals surface area contributed by atoms with Crippen LogP contribution >= 0.6 is 0 Å². The fourth-order valence-corrected chi connectivity index (χ4v) is 4.69. The maximum atomic E-state index is 10.2. The molecule has 0 saturated carbocycles. The lowest BCUT2D eigenvalue weighted by molar-refractivity contribution is 0.147. The summed E-state index contributed by atoms with van der Waals surface area (Å²) < 4.78 is 0. The van der Waals surface area contributed by atoms with Crippen molar-refractivity contribution < 1.29 is 5.11 Å². The third-order valence-corrected chi connectivity index (χ3v) is 7.10. The molecule has 202 valence electrons. The maximum absolute atomic E-state index is 10.2. The summed E-state index contributed by atoms with van der Waals surface area (Å²) in [5.74, 6) is 0. The molecule has 0 unspecified atom stereocenters. The van der Waals surface area contributed by atoms with Gasteiger partial charge in [0.15, 0.2) is 0 Å². The van der Waals surface area contributed by atoms with E-state index in [0.29, 0.717) is 0 Å². The highest BCUT2D eigenvalue weighted by Gasteiger charge is 2.03. The zero-order chi connectivity index (χ0) is 24.8. The molecule has 0 heterocycles. The van der Waals surface area contributed by atoms with Gasteiger partial charge in [0.1, 0.15) is 0 Å². The van der Waals surface area contributed by atoms with E-state index in [-0.39, 0.29) is 6.10 Å². The quantitative estimate of drug-likeness (QED) is 0.0879. The molecule has 0 amide bonds. The van der Waals surface area contributed by atoms with Crippen LogP contribution in [0, 0.1) is 0 Å². The zero-order valence-electron chi connectivity index (χ0n) is 23.7. The van der Waals surface area contributed by atoms with Crippen LogP contribution in [-0.2, 0) is 0 Å². The molecular weight excluding hydrogens is 412 g/mol. The summed E-state index contributed by atoms with van der Waals surface area (Å²) in [7, 11) is 0. The van der Waals surface area contributed by atoms with Crippen LogP contribution in [-0.4, -0.2) is 11.2 Å². The van der Waals surface area contributed by atoms with Crippen molar-refractivity contribution in [2.24, 2.45) is 0 Å². The molecule has 1 N–H and O–H groups in total. The van der Waals surface area contributed by atoms with E-state index < -0.39 is 0 Å². The minimum absolute atomic E-state index is 0.0510. The Morgan fingerprint density at radius 2 is 0.647 bits per heavy atom. The number of allylic oxidation sites excluding steroid dienone is 4. The van der Waals surface area contributed by atoms with Crippen LogP contribution in [0.4, 0.5) is 0 Å². The van der Waals surface area contributed by atoms with Crippen LogP contribution in [0.2, 0.25) is 0 Å². The van der Waals surface area contributed by atoms with E-state index in [1.807, 2.05) is 0 Å². The maximum Gasteiger partial charge on any atom is 0.0540 e. The second kappa shape index (κ2) is 30.5. The van der Waals surface area contributed by atoms with Crippen molar-refractivity contribution in [3.05, 3.63) is 24.3 Å². The van der Waals surface area contributed by atoms with Crippen molar-refractivity contribution in [3.8, 4) is 0 Å². The molecule has 0 aromatic heterocycles. The molecule has 0 fully saturated rings. The molecular formula is C33H64O. The molecule has 0 atom stereocenters. The first-order valence-corrected chi connectivity index (χ1v) is 15.8. The summed E-state index contributed by atoms with van der Waals surface area (Å²) in [5, 5.41) is 10.2. The van der Waals surface area contributed by atoms with Gasteiger partial charge in [-0.05, 0) is 64.2 Å². The molecule has 1 nitrogen and oxygen atoms in total. The summed E-state index contributed by atoms with van der Waals surface area (Å²) in [6.45, 7) is 4.55. The van der Waals surface area contributed by atoms with Gasteiger partial charge in [0, 0.05) is 0 Å². The Bertz CT molecular complexity index is 373. The second-order valence-electron chi connectivity index (χ2n) is 10.7. The highest BCUT2D eigenvalue weighted by Crippen LogP contribution is 2.15. The van der Waals surface area contributed by atoms with Crippen LogP contribution in [0.1, 0.15) is 181 Å². The van der Waals surface area contributed by atoms with Gasteiger partial charge >= 0.3 is 0 Å². The zero-order valence-corrected chi connectivity index (χ0v) is 23.7. The average molecular weight is 477 g/mol. The van der Waals surface area contributed by atoms with Crippen molar-refractivity contribution in [1.29, 1.82) is 0 Å². The number of aliphatic hydroxyl groups is 1. The molecule has 0 saturated heterocycles. The number of rotatable bonds is 28. The topological polar surface area (TPSA) is 20.2 Å². The smallest absolute Gasteiger partial charge is 0.0540 e. The Hall–Kier alpha value is -0.560. The van der Waals surface area contributed by atoms with Gasteiger partial charge in [-0.3, -0.25) is 0 Å². The SMILES string of the molecule is CCCCCC/C=C\CCCCCCCCC(O)CCCCCCCC/C=C\CCCCCC. The van der Waals surface area contributed by atoms with Crippen molar-refractivity contribution in [3.63, 3.8) is 0 Å². The van der Waals surface area contributed by atoms with E-state index >= 15 is 0 Å². The van der Waals surface area contributed by atoms with Gasteiger partial charge in [-0.25, -0.2) is 0 Å². The molecule has 1 heteroatoms. The summed E-state index contributed by atoms with van der Waals surface area (Å²) in [6.07, 6.45) is 43.6. The molecule has 34 heavy (non-hydrogen) atoms. The fraction of sp³-hybridized carbons (Fsp3) is 0.879. The third kappa shape index (κ3) is 29.5. The third-order valence-electron chi connectivity index (χ3n) is 7.10. The van der Waals surface area contributed by atoms with E-state index in [4.69, 9.17) is 0 Å². The first kappa shape index (κ1) is 33.4. The average Bonchev–Trinajstić information content (AvgIpc) is 2.84. The van der Waals surface area contributed by atoms with Crippen molar-refractivity contribution in [1.82, 2.24) is 0 Å². The highest BCUT2D eigenvalue weighted by atomic mass is 16.3. The Morgan fingerprint density at radius 3 is 0.971 bits per heavy atom. The van der Waals surface area contributed by atoms with Gasteiger partial charge in [0.2, 0.25) is 0 Å². The summed E-state index contributed by atoms with van der Waals surface area (Å²) in [4.78, 5) is 0. The number of aliphatic hydroxyl groups excluding tert-OH is 1. The lowest BCUT2D eigenvalue weighted by Gasteiger charge is -2.10. The van der Waals surface area contributed by atoms with Crippen LogP contribution in [0.15, 0.2) is 24.3 Å². The van der Waals surface area contributed by atoms with Crippen LogP contribution in [0.3, 0.4) is 0 Å². The van der Waals surface area contributed by atoms with Gasteiger partial charge in [-0.1, -0.05) is 141 Å². The Balaban J connectivity index is 3.22. The molecule has 0 aliphatic rings. The van der Waals surface area contributed by atoms with Gasteiger partial charge in [-0.15, -0.1) is 0 Å². The second-order valence-corrected chi connectivity index (χ2v) is 10.7. The first-order valence-electron chi connectivity index (χ1n) is 15.8. The largest absolute Gasteiger partial charge is 0.393 e. The van der Waals surface area contributed by atoms with E-state index in [0.717, 1.165) is 12.8 Å². The van der Waals surface area contributed by atoms with Crippen LogP contribution in [0.5, 0.6) is 0 Å². The fourth-order valence-electron chi connectivity index (χ4n) is 4.69. The van der Waals surface area contributed by atoms with E-state index in [1.54, 1.807) is 0 Å². The Morgan fingerprint density at radius 1 is 0.382 bits per heavy atom. The van der Waals surface area contributed by atoms with Crippen molar-refractivity contribution >= 4 is 0 Å².